The SMILES string of the molecule is Cl.N[C@H](c1ccc2c(c1)OCCO2)C1CCCC1. The summed E-state index contributed by atoms with van der Waals surface area (Å²) in [6.45, 7) is 1.27. The first-order valence-corrected chi connectivity index (χ1v) is 6.50. The molecule has 2 N–H and O–H groups in total. The van der Waals surface area contributed by atoms with Crippen molar-refractivity contribution in [3.05, 3.63) is 23.8 Å². The molecule has 100 valence electrons. The molecule has 0 spiro atoms. The Morgan fingerprint density at radius 2 is 1.72 bits per heavy atom. The van der Waals surface area contributed by atoms with E-state index in [4.69, 9.17) is 15.2 Å². The van der Waals surface area contributed by atoms with Crippen molar-refractivity contribution >= 4 is 12.4 Å². The second-order valence-electron chi connectivity index (χ2n) is 4.97. The van der Waals surface area contributed by atoms with Crippen LogP contribution in [0.4, 0.5) is 0 Å². The average molecular weight is 270 g/mol. The second-order valence-corrected chi connectivity index (χ2v) is 4.97. The lowest BCUT2D eigenvalue weighted by molar-refractivity contribution is 0.171. The fourth-order valence-electron chi connectivity index (χ4n) is 2.86. The number of hydrogen-bond acceptors (Lipinski definition) is 3. The minimum absolute atomic E-state index is 0. The van der Waals surface area contributed by atoms with E-state index in [0.717, 1.165) is 11.5 Å². The summed E-state index contributed by atoms with van der Waals surface area (Å²) in [6, 6.07) is 6.26. The smallest absolute Gasteiger partial charge is 0.161 e. The van der Waals surface area contributed by atoms with Crippen molar-refractivity contribution in [2.75, 3.05) is 13.2 Å². The fraction of sp³-hybridized carbons (Fsp3) is 0.571. The predicted molar refractivity (Wildman–Crippen MR) is 73.6 cm³/mol. The van der Waals surface area contributed by atoms with E-state index in [1.807, 2.05) is 6.07 Å². The van der Waals surface area contributed by atoms with Crippen molar-refractivity contribution in [1.82, 2.24) is 0 Å². The molecule has 1 fully saturated rings. The van der Waals surface area contributed by atoms with E-state index in [-0.39, 0.29) is 18.4 Å². The summed E-state index contributed by atoms with van der Waals surface area (Å²) in [5, 5.41) is 0. The van der Waals surface area contributed by atoms with Crippen molar-refractivity contribution in [1.29, 1.82) is 0 Å². The van der Waals surface area contributed by atoms with Crippen molar-refractivity contribution < 1.29 is 9.47 Å². The number of rotatable bonds is 2. The summed E-state index contributed by atoms with van der Waals surface area (Å²) >= 11 is 0. The maximum absolute atomic E-state index is 6.34. The highest BCUT2D eigenvalue weighted by atomic mass is 35.5. The van der Waals surface area contributed by atoms with Crippen molar-refractivity contribution in [2.24, 2.45) is 11.7 Å². The van der Waals surface area contributed by atoms with E-state index in [2.05, 4.69) is 12.1 Å². The molecule has 18 heavy (non-hydrogen) atoms. The number of ether oxygens (including phenoxy) is 2. The van der Waals surface area contributed by atoms with Gasteiger partial charge in [0.25, 0.3) is 0 Å². The van der Waals surface area contributed by atoms with Gasteiger partial charge in [0.2, 0.25) is 0 Å². The molecular weight excluding hydrogens is 250 g/mol. The fourth-order valence-corrected chi connectivity index (χ4v) is 2.86. The van der Waals surface area contributed by atoms with Crippen molar-refractivity contribution in [3.63, 3.8) is 0 Å². The van der Waals surface area contributed by atoms with Crippen LogP contribution in [0, 0.1) is 5.92 Å². The molecule has 2 aliphatic rings. The van der Waals surface area contributed by atoms with Crippen LogP contribution in [0.15, 0.2) is 18.2 Å². The van der Waals surface area contributed by atoms with Gasteiger partial charge >= 0.3 is 0 Å². The zero-order valence-electron chi connectivity index (χ0n) is 10.4. The predicted octanol–water partition coefficient (Wildman–Crippen LogP) is 3.07. The number of nitrogens with two attached hydrogens (primary N) is 1. The Kier molecular flexibility index (Phi) is 4.36. The van der Waals surface area contributed by atoms with Gasteiger partial charge in [-0.25, -0.2) is 0 Å². The minimum atomic E-state index is 0. The molecule has 0 saturated heterocycles. The van der Waals surface area contributed by atoms with Gasteiger partial charge < -0.3 is 15.2 Å². The third-order valence-electron chi connectivity index (χ3n) is 3.86. The number of hydrogen-bond donors (Lipinski definition) is 1. The summed E-state index contributed by atoms with van der Waals surface area (Å²) in [5.74, 6) is 2.33. The van der Waals surface area contributed by atoms with Crippen LogP contribution in [0.25, 0.3) is 0 Å². The van der Waals surface area contributed by atoms with Crippen LogP contribution in [0.3, 0.4) is 0 Å². The summed E-state index contributed by atoms with van der Waals surface area (Å²) in [4.78, 5) is 0. The van der Waals surface area contributed by atoms with Gasteiger partial charge in [-0.3, -0.25) is 0 Å². The van der Waals surface area contributed by atoms with Crippen LogP contribution in [-0.4, -0.2) is 13.2 Å². The van der Waals surface area contributed by atoms with Crippen LogP contribution < -0.4 is 15.2 Å². The van der Waals surface area contributed by atoms with Crippen LogP contribution in [0.5, 0.6) is 11.5 Å². The van der Waals surface area contributed by atoms with Crippen LogP contribution in [0.2, 0.25) is 0 Å². The summed E-state index contributed by atoms with van der Waals surface area (Å²) in [6.07, 6.45) is 5.16. The molecule has 0 amide bonds. The molecule has 4 heteroatoms. The standard InChI is InChI=1S/C14H19NO2.ClH/c15-14(10-3-1-2-4-10)11-5-6-12-13(9-11)17-8-7-16-12;/h5-6,9-10,14H,1-4,7-8,15H2;1H/t14-;/m0./s1. The Morgan fingerprint density at radius 3 is 2.44 bits per heavy atom. The Labute approximate surface area is 114 Å². The number of benzene rings is 1. The van der Waals surface area contributed by atoms with Crippen molar-refractivity contribution in [3.8, 4) is 11.5 Å². The summed E-state index contributed by atoms with van der Waals surface area (Å²) in [5.41, 5.74) is 7.52. The monoisotopic (exact) mass is 269 g/mol. The third kappa shape index (κ3) is 2.57. The lowest BCUT2D eigenvalue weighted by atomic mass is 9.92. The van der Waals surface area contributed by atoms with Gasteiger partial charge in [-0.05, 0) is 36.5 Å². The molecule has 3 nitrogen and oxygen atoms in total. The molecule has 1 aromatic carbocycles. The van der Waals surface area contributed by atoms with Crippen LogP contribution in [0.1, 0.15) is 37.3 Å². The first-order valence-electron chi connectivity index (χ1n) is 6.50. The lowest BCUT2D eigenvalue weighted by Crippen LogP contribution is -2.20. The molecule has 1 atom stereocenters. The molecule has 1 aliphatic carbocycles. The maximum atomic E-state index is 6.34. The van der Waals surface area contributed by atoms with Gasteiger partial charge in [-0.15, -0.1) is 12.4 Å². The molecule has 1 aromatic rings. The highest BCUT2D eigenvalue weighted by molar-refractivity contribution is 5.85. The molecule has 0 radical (unpaired) electrons. The largest absolute Gasteiger partial charge is 0.486 e. The van der Waals surface area contributed by atoms with Crippen LogP contribution in [-0.2, 0) is 0 Å². The molecular formula is C14H20ClNO2. The molecule has 0 aromatic heterocycles. The highest BCUT2D eigenvalue weighted by Gasteiger charge is 2.24. The Hall–Kier alpha value is -0.930. The van der Waals surface area contributed by atoms with Gasteiger partial charge in [0.15, 0.2) is 11.5 Å². The maximum Gasteiger partial charge on any atom is 0.161 e. The Bertz CT molecular complexity index is 405. The zero-order chi connectivity index (χ0) is 11.7. The molecule has 1 aliphatic heterocycles. The quantitative estimate of drug-likeness (QED) is 0.897. The first kappa shape index (κ1) is 13.5. The van der Waals surface area contributed by atoms with E-state index < -0.39 is 0 Å². The molecule has 1 saturated carbocycles. The summed E-state index contributed by atoms with van der Waals surface area (Å²) < 4.78 is 11.1. The number of halogens is 1. The van der Waals surface area contributed by atoms with Gasteiger partial charge in [0.05, 0.1) is 0 Å². The van der Waals surface area contributed by atoms with Crippen LogP contribution >= 0.6 is 12.4 Å². The van der Waals surface area contributed by atoms with Gasteiger partial charge in [0.1, 0.15) is 13.2 Å². The highest BCUT2D eigenvalue weighted by Crippen LogP contribution is 2.38. The average Bonchev–Trinajstić information content (AvgIpc) is 2.91. The first-order chi connectivity index (χ1) is 8.34. The van der Waals surface area contributed by atoms with E-state index in [9.17, 15) is 0 Å². The third-order valence-corrected chi connectivity index (χ3v) is 3.86. The lowest BCUT2D eigenvalue weighted by Gasteiger charge is -2.23. The topological polar surface area (TPSA) is 44.5 Å². The van der Waals surface area contributed by atoms with E-state index in [0.29, 0.717) is 19.1 Å². The molecule has 3 rings (SSSR count). The van der Waals surface area contributed by atoms with Gasteiger partial charge in [-0.1, -0.05) is 18.9 Å². The van der Waals surface area contributed by atoms with E-state index in [1.165, 1.54) is 31.2 Å². The zero-order valence-corrected chi connectivity index (χ0v) is 11.2. The Balaban J connectivity index is 0.00000120. The molecule has 1 heterocycles. The normalized spacial score (nSPS) is 20.3. The number of fused-ring (bicyclic) bond motifs is 1. The minimum Gasteiger partial charge on any atom is -0.486 e. The summed E-state index contributed by atoms with van der Waals surface area (Å²) in [7, 11) is 0. The van der Waals surface area contributed by atoms with Gasteiger partial charge in [-0.2, -0.15) is 0 Å². The van der Waals surface area contributed by atoms with Crippen molar-refractivity contribution in [2.45, 2.75) is 31.7 Å². The Morgan fingerprint density at radius 1 is 1.06 bits per heavy atom. The van der Waals surface area contributed by atoms with Gasteiger partial charge in [0, 0.05) is 6.04 Å². The van der Waals surface area contributed by atoms with E-state index >= 15 is 0 Å². The molecule has 0 bridgehead atoms. The molecule has 0 unspecified atom stereocenters. The van der Waals surface area contributed by atoms with E-state index in [1.54, 1.807) is 0 Å². The second kappa shape index (κ2) is 5.81.